The number of ether oxygens (including phenoxy) is 1. The van der Waals surface area contributed by atoms with Crippen molar-refractivity contribution in [3.8, 4) is 51.4 Å². The molecule has 0 unspecified atom stereocenters. The Labute approximate surface area is 464 Å². The number of benzene rings is 3. The molecule has 0 radical (unpaired) electrons. The van der Waals surface area contributed by atoms with E-state index >= 15 is 0 Å². The number of aryl methyl sites for hydroxylation is 3. The Bertz CT molecular complexity index is 2050. The standard InChI is InChI=1S/C69H107N3O4/c1-5-9-12-15-18-21-24-27-30-33-36-39-42-45-57-48-51-60(63(73)54-57)67-70-68(61-52-49-58(55-64(61)74)46-43-40-37-34-31-28-25-22-19-16-13-10-6-2)72-69(71-67)62-53-50-59(56-65(62)76-66(75)8-4)47-44-41-38-35-32-29-26-23-20-17-14-11-7-3/h8,48-56,73-74H,4-7,9-47H2,1-3H3. The average molecular weight is 1040 g/mol. The van der Waals surface area contributed by atoms with Gasteiger partial charge < -0.3 is 14.9 Å². The summed E-state index contributed by atoms with van der Waals surface area (Å²) in [5.41, 5.74) is 4.69. The summed E-state index contributed by atoms with van der Waals surface area (Å²) < 4.78 is 5.92. The SMILES string of the molecule is C=CC(=O)Oc1cc(CCCCCCCCCCCCCCC)ccc1-c1nc(-c2ccc(CCCCCCCCCCCCCCC)cc2O)nc(-c2ccc(CCCCCCCCCCCCCCC)cc2O)n1. The van der Waals surface area contributed by atoms with Gasteiger partial charge in [0.15, 0.2) is 17.5 Å². The van der Waals surface area contributed by atoms with Gasteiger partial charge >= 0.3 is 5.97 Å². The maximum Gasteiger partial charge on any atom is 0.335 e. The predicted octanol–water partition coefficient (Wildman–Crippen LogP) is 21.3. The fraction of sp³-hybridized carbons (Fsp3) is 0.652. The highest BCUT2D eigenvalue weighted by Gasteiger charge is 2.21. The molecule has 7 heteroatoms. The lowest BCUT2D eigenvalue weighted by Crippen LogP contribution is -2.07. The molecule has 0 aliphatic heterocycles. The number of hydrogen-bond donors (Lipinski definition) is 2. The van der Waals surface area contributed by atoms with Crippen molar-refractivity contribution < 1.29 is 19.7 Å². The molecule has 0 saturated carbocycles. The van der Waals surface area contributed by atoms with Gasteiger partial charge in [-0.05, 0) is 91.6 Å². The first-order valence-corrected chi connectivity index (χ1v) is 31.7. The summed E-state index contributed by atoms with van der Waals surface area (Å²) in [5, 5.41) is 23.2. The highest BCUT2D eigenvalue weighted by Crippen LogP contribution is 2.37. The molecular weight excluding hydrogens is 935 g/mol. The van der Waals surface area contributed by atoms with E-state index in [0.717, 1.165) is 61.6 Å². The number of carbonyl (C=O) groups is 1. The van der Waals surface area contributed by atoms with E-state index in [1.54, 1.807) is 0 Å². The maximum absolute atomic E-state index is 12.9. The fourth-order valence-corrected chi connectivity index (χ4v) is 10.8. The molecule has 0 aliphatic rings. The molecule has 0 spiro atoms. The first-order chi connectivity index (χ1) is 37.4. The van der Waals surface area contributed by atoms with E-state index in [1.165, 1.54) is 231 Å². The lowest BCUT2D eigenvalue weighted by atomic mass is 10.0. The Morgan fingerprint density at radius 1 is 0.382 bits per heavy atom. The van der Waals surface area contributed by atoms with Gasteiger partial charge in [-0.3, -0.25) is 0 Å². The van der Waals surface area contributed by atoms with Crippen LogP contribution in [0.2, 0.25) is 0 Å². The number of hydrogen-bond acceptors (Lipinski definition) is 7. The molecule has 4 rings (SSSR count). The van der Waals surface area contributed by atoms with Gasteiger partial charge in [-0.1, -0.05) is 277 Å². The zero-order valence-corrected chi connectivity index (χ0v) is 48.7. The quantitative estimate of drug-likeness (QED) is 0.0196. The van der Waals surface area contributed by atoms with Crippen LogP contribution >= 0.6 is 0 Å². The number of phenols is 2. The van der Waals surface area contributed by atoms with Crippen molar-refractivity contribution in [3.05, 3.63) is 83.9 Å². The molecule has 0 amide bonds. The molecule has 422 valence electrons. The third-order valence-corrected chi connectivity index (χ3v) is 15.6. The van der Waals surface area contributed by atoms with Crippen LogP contribution in [0.5, 0.6) is 17.2 Å². The molecule has 0 fully saturated rings. The summed E-state index contributed by atoms with van der Waals surface area (Å²) in [5.74, 6) is 0.802. The first-order valence-electron chi connectivity index (χ1n) is 31.7. The molecule has 0 saturated heterocycles. The number of carbonyl (C=O) groups excluding carboxylic acids is 1. The largest absolute Gasteiger partial charge is 0.507 e. The van der Waals surface area contributed by atoms with E-state index < -0.39 is 5.97 Å². The van der Waals surface area contributed by atoms with Crippen molar-refractivity contribution in [2.75, 3.05) is 0 Å². The molecule has 0 aliphatic carbocycles. The monoisotopic (exact) mass is 1040 g/mol. The van der Waals surface area contributed by atoms with Crippen molar-refractivity contribution in [2.45, 2.75) is 290 Å². The highest BCUT2D eigenvalue weighted by molar-refractivity contribution is 5.85. The second-order valence-corrected chi connectivity index (χ2v) is 22.4. The normalized spacial score (nSPS) is 11.4. The molecule has 0 atom stereocenters. The molecule has 2 N–H and O–H groups in total. The van der Waals surface area contributed by atoms with Gasteiger partial charge in [0.2, 0.25) is 0 Å². The third-order valence-electron chi connectivity index (χ3n) is 15.6. The minimum atomic E-state index is -0.567. The first kappa shape index (κ1) is 64.0. The molecule has 7 nitrogen and oxygen atoms in total. The number of nitrogens with zero attached hydrogens (tertiary/aromatic N) is 3. The van der Waals surface area contributed by atoms with E-state index in [1.807, 2.05) is 36.4 Å². The van der Waals surface area contributed by atoms with Crippen LogP contribution in [-0.2, 0) is 24.1 Å². The molecule has 1 heterocycles. The zero-order valence-electron chi connectivity index (χ0n) is 48.7. The topological polar surface area (TPSA) is 105 Å². The number of esters is 1. The van der Waals surface area contributed by atoms with Crippen molar-refractivity contribution in [1.29, 1.82) is 0 Å². The van der Waals surface area contributed by atoms with Gasteiger partial charge in [-0.2, -0.15) is 0 Å². The lowest BCUT2D eigenvalue weighted by molar-refractivity contribution is -0.128. The summed E-state index contributed by atoms with van der Waals surface area (Å²) in [7, 11) is 0. The third kappa shape index (κ3) is 27.2. The summed E-state index contributed by atoms with van der Waals surface area (Å²) in [6.45, 7) is 10.5. The smallest absolute Gasteiger partial charge is 0.335 e. The highest BCUT2D eigenvalue weighted by atomic mass is 16.5. The predicted molar refractivity (Wildman–Crippen MR) is 323 cm³/mol. The lowest BCUT2D eigenvalue weighted by Gasteiger charge is -2.14. The van der Waals surface area contributed by atoms with Crippen LogP contribution in [0.25, 0.3) is 34.2 Å². The van der Waals surface area contributed by atoms with E-state index in [-0.39, 0.29) is 29.0 Å². The number of unbranched alkanes of at least 4 members (excludes halogenated alkanes) is 36. The number of rotatable bonds is 47. The Hall–Kier alpha value is -4.52. The van der Waals surface area contributed by atoms with E-state index in [9.17, 15) is 15.0 Å². The second kappa shape index (κ2) is 41.6. The van der Waals surface area contributed by atoms with Gasteiger partial charge in [0.05, 0.1) is 16.7 Å². The Kier molecular flexibility index (Phi) is 35.0. The minimum absolute atomic E-state index is 0.0964. The van der Waals surface area contributed by atoms with Crippen molar-refractivity contribution in [1.82, 2.24) is 15.0 Å². The van der Waals surface area contributed by atoms with Crippen LogP contribution in [0.15, 0.2) is 67.3 Å². The van der Waals surface area contributed by atoms with Crippen LogP contribution in [0.4, 0.5) is 0 Å². The van der Waals surface area contributed by atoms with E-state index in [0.29, 0.717) is 22.4 Å². The van der Waals surface area contributed by atoms with Crippen molar-refractivity contribution in [3.63, 3.8) is 0 Å². The van der Waals surface area contributed by atoms with Gasteiger partial charge in [0, 0.05) is 6.08 Å². The summed E-state index contributed by atoms with van der Waals surface area (Å²) in [6.07, 6.45) is 54.9. The van der Waals surface area contributed by atoms with Crippen LogP contribution in [0.1, 0.15) is 288 Å². The zero-order chi connectivity index (χ0) is 54.1. The summed E-state index contributed by atoms with van der Waals surface area (Å²) in [4.78, 5) is 27.7. The average Bonchev–Trinajstić information content (AvgIpc) is 3.43. The number of phenolic OH excluding ortho intramolecular Hbond substituents is 2. The van der Waals surface area contributed by atoms with Crippen LogP contribution in [0, 0.1) is 0 Å². The molecule has 3 aromatic carbocycles. The molecule has 4 aromatic rings. The number of aromatic hydroxyl groups is 2. The maximum atomic E-state index is 12.9. The van der Waals surface area contributed by atoms with Crippen LogP contribution < -0.4 is 4.74 Å². The Morgan fingerprint density at radius 3 is 0.908 bits per heavy atom. The molecule has 0 bridgehead atoms. The van der Waals surface area contributed by atoms with Gasteiger partial charge in [0.1, 0.15) is 17.2 Å². The fourth-order valence-electron chi connectivity index (χ4n) is 10.8. The van der Waals surface area contributed by atoms with Gasteiger partial charge in [-0.25, -0.2) is 19.7 Å². The minimum Gasteiger partial charge on any atom is -0.507 e. The molecule has 1 aromatic heterocycles. The van der Waals surface area contributed by atoms with Crippen LogP contribution in [-0.4, -0.2) is 31.1 Å². The van der Waals surface area contributed by atoms with Gasteiger partial charge in [0.25, 0.3) is 0 Å². The number of aromatic nitrogens is 3. The summed E-state index contributed by atoms with van der Waals surface area (Å²) >= 11 is 0. The Balaban J connectivity index is 1.43. The summed E-state index contributed by atoms with van der Waals surface area (Å²) in [6, 6.07) is 17.5. The van der Waals surface area contributed by atoms with Crippen molar-refractivity contribution in [2.24, 2.45) is 0 Å². The van der Waals surface area contributed by atoms with E-state index in [4.69, 9.17) is 19.7 Å². The van der Waals surface area contributed by atoms with Gasteiger partial charge in [-0.15, -0.1) is 0 Å². The van der Waals surface area contributed by atoms with Crippen LogP contribution in [0.3, 0.4) is 0 Å². The second-order valence-electron chi connectivity index (χ2n) is 22.4. The van der Waals surface area contributed by atoms with Crippen molar-refractivity contribution >= 4 is 5.97 Å². The molecule has 76 heavy (non-hydrogen) atoms. The van der Waals surface area contributed by atoms with E-state index in [2.05, 4.69) is 45.5 Å². The molecular formula is C69H107N3O4. The Morgan fingerprint density at radius 2 is 0.632 bits per heavy atom.